The van der Waals surface area contributed by atoms with E-state index in [1.54, 1.807) is 18.2 Å². The molecule has 2 aromatic rings. The predicted molar refractivity (Wildman–Crippen MR) is 54.0 cm³/mol. The van der Waals surface area contributed by atoms with Crippen molar-refractivity contribution < 1.29 is 4.39 Å². The topological polar surface area (TPSA) is 30.7 Å². The van der Waals surface area contributed by atoms with Gasteiger partial charge in [-0.2, -0.15) is 9.37 Å². The highest BCUT2D eigenvalue weighted by atomic mass is 79.9. The maximum absolute atomic E-state index is 12.5. The van der Waals surface area contributed by atoms with Crippen molar-refractivity contribution in [2.75, 3.05) is 0 Å². The fourth-order valence-corrected chi connectivity index (χ4v) is 1.57. The number of benzene rings is 1. The van der Waals surface area contributed by atoms with Crippen LogP contribution in [0.4, 0.5) is 4.39 Å². The zero-order chi connectivity index (χ0) is 10.1. The summed E-state index contributed by atoms with van der Waals surface area (Å²) >= 11 is 9.19. The fourth-order valence-electron chi connectivity index (χ4n) is 1.02. The van der Waals surface area contributed by atoms with E-state index in [1.807, 2.05) is 0 Å². The van der Waals surface area contributed by atoms with Gasteiger partial charge in [-0.25, -0.2) is 4.68 Å². The smallest absolute Gasteiger partial charge is 0.217 e. The van der Waals surface area contributed by atoms with Crippen molar-refractivity contribution in [3.8, 4) is 5.69 Å². The highest BCUT2D eigenvalue weighted by Crippen LogP contribution is 2.23. The lowest BCUT2D eigenvalue weighted by Crippen LogP contribution is -1.96. The van der Waals surface area contributed by atoms with E-state index in [1.165, 1.54) is 11.0 Å². The van der Waals surface area contributed by atoms with Gasteiger partial charge in [-0.15, -0.1) is 5.10 Å². The number of hydrogen-bond donors (Lipinski definition) is 0. The van der Waals surface area contributed by atoms with E-state index in [0.29, 0.717) is 10.7 Å². The molecular weight excluding hydrogens is 272 g/mol. The lowest BCUT2D eigenvalue weighted by molar-refractivity contribution is 0.536. The third kappa shape index (κ3) is 1.78. The van der Waals surface area contributed by atoms with Gasteiger partial charge in [0.25, 0.3) is 0 Å². The molecule has 0 radical (unpaired) electrons. The normalized spacial score (nSPS) is 10.5. The van der Waals surface area contributed by atoms with Crippen LogP contribution in [-0.4, -0.2) is 14.8 Å². The molecule has 3 nitrogen and oxygen atoms in total. The summed E-state index contributed by atoms with van der Waals surface area (Å²) in [7, 11) is 0. The van der Waals surface area contributed by atoms with E-state index in [9.17, 15) is 4.39 Å². The highest BCUT2D eigenvalue weighted by Gasteiger charge is 2.06. The molecule has 0 aliphatic rings. The minimum absolute atomic E-state index is 0.484. The van der Waals surface area contributed by atoms with Crippen LogP contribution in [-0.2, 0) is 0 Å². The van der Waals surface area contributed by atoms with Gasteiger partial charge in [0, 0.05) is 4.47 Å². The first-order chi connectivity index (χ1) is 6.66. The third-order valence-electron chi connectivity index (χ3n) is 1.62. The molecule has 0 saturated heterocycles. The van der Waals surface area contributed by atoms with E-state index < -0.39 is 6.08 Å². The lowest BCUT2D eigenvalue weighted by atomic mass is 10.3. The second-order valence-corrected chi connectivity index (χ2v) is 3.88. The first kappa shape index (κ1) is 9.61. The van der Waals surface area contributed by atoms with Crippen molar-refractivity contribution in [2.45, 2.75) is 0 Å². The summed E-state index contributed by atoms with van der Waals surface area (Å²) < 4.78 is 14.7. The molecule has 0 aliphatic carbocycles. The number of nitrogens with zero attached hydrogens (tertiary/aromatic N) is 3. The molecule has 0 fully saturated rings. The quantitative estimate of drug-likeness (QED) is 0.802. The second-order valence-electron chi connectivity index (χ2n) is 2.55. The largest absolute Gasteiger partial charge is 0.327 e. The van der Waals surface area contributed by atoms with Gasteiger partial charge < -0.3 is 0 Å². The molecule has 0 aliphatic heterocycles. The second kappa shape index (κ2) is 3.67. The molecule has 2 rings (SSSR count). The Morgan fingerprint density at radius 3 is 2.86 bits per heavy atom. The summed E-state index contributed by atoms with van der Waals surface area (Å²) in [6, 6.07) is 5.22. The van der Waals surface area contributed by atoms with Crippen LogP contribution in [0.3, 0.4) is 0 Å². The van der Waals surface area contributed by atoms with Crippen molar-refractivity contribution in [3.05, 3.63) is 40.1 Å². The van der Waals surface area contributed by atoms with Crippen LogP contribution in [0.25, 0.3) is 5.69 Å². The van der Waals surface area contributed by atoms with Gasteiger partial charge in [-0.1, -0.05) is 27.5 Å². The molecule has 14 heavy (non-hydrogen) atoms. The molecule has 0 amide bonds. The first-order valence-electron chi connectivity index (χ1n) is 3.69. The average molecular weight is 276 g/mol. The fraction of sp³-hybridized carbons (Fsp3) is 0. The zero-order valence-corrected chi connectivity index (χ0v) is 9.13. The van der Waals surface area contributed by atoms with E-state index >= 15 is 0 Å². The SMILES string of the molecule is Fc1ncn(-c2cc(Br)ccc2Cl)n1. The van der Waals surface area contributed by atoms with Crippen LogP contribution in [0.5, 0.6) is 0 Å². The number of hydrogen-bond acceptors (Lipinski definition) is 2. The third-order valence-corrected chi connectivity index (χ3v) is 2.43. The number of rotatable bonds is 1. The van der Waals surface area contributed by atoms with Gasteiger partial charge in [0.05, 0.1) is 10.7 Å². The van der Waals surface area contributed by atoms with Crippen LogP contribution in [0.2, 0.25) is 5.02 Å². The van der Waals surface area contributed by atoms with E-state index in [4.69, 9.17) is 11.6 Å². The summed E-state index contributed by atoms with van der Waals surface area (Å²) in [5, 5.41) is 4.00. The van der Waals surface area contributed by atoms with E-state index in [2.05, 4.69) is 26.0 Å². The molecule has 0 saturated carbocycles. The summed E-state index contributed by atoms with van der Waals surface area (Å²) in [6.07, 6.45) is 0.490. The Hall–Kier alpha value is -0.940. The Morgan fingerprint density at radius 2 is 2.21 bits per heavy atom. The van der Waals surface area contributed by atoms with Crippen molar-refractivity contribution in [1.82, 2.24) is 14.8 Å². The van der Waals surface area contributed by atoms with Crippen molar-refractivity contribution >= 4 is 27.5 Å². The maximum Gasteiger partial charge on any atom is 0.327 e. The number of halogens is 3. The minimum atomic E-state index is -0.777. The molecule has 1 heterocycles. The molecule has 0 atom stereocenters. The molecule has 1 aromatic heterocycles. The van der Waals surface area contributed by atoms with Crippen LogP contribution >= 0.6 is 27.5 Å². The van der Waals surface area contributed by atoms with Crippen LogP contribution in [0, 0.1) is 6.08 Å². The Bertz CT molecular complexity index is 471. The van der Waals surface area contributed by atoms with Crippen LogP contribution < -0.4 is 0 Å². The van der Waals surface area contributed by atoms with Gasteiger partial charge in [-0.3, -0.25) is 0 Å². The number of aromatic nitrogens is 3. The monoisotopic (exact) mass is 275 g/mol. The highest BCUT2D eigenvalue weighted by molar-refractivity contribution is 9.10. The van der Waals surface area contributed by atoms with Gasteiger partial charge in [0.15, 0.2) is 0 Å². The van der Waals surface area contributed by atoms with E-state index in [-0.39, 0.29) is 0 Å². The maximum atomic E-state index is 12.5. The van der Waals surface area contributed by atoms with Crippen molar-refractivity contribution in [3.63, 3.8) is 0 Å². The van der Waals surface area contributed by atoms with E-state index in [0.717, 1.165) is 4.47 Å². The minimum Gasteiger partial charge on any atom is -0.217 e. The standard InChI is InChI=1S/C8H4BrClFN3/c9-5-1-2-6(10)7(3-5)14-4-12-8(11)13-14/h1-4H. The molecule has 0 N–H and O–H groups in total. The van der Waals surface area contributed by atoms with Crippen LogP contribution in [0.15, 0.2) is 29.0 Å². The lowest BCUT2D eigenvalue weighted by Gasteiger charge is -2.02. The first-order valence-corrected chi connectivity index (χ1v) is 4.86. The Labute approximate surface area is 92.7 Å². The van der Waals surface area contributed by atoms with Gasteiger partial charge in [-0.05, 0) is 18.2 Å². The zero-order valence-electron chi connectivity index (χ0n) is 6.78. The average Bonchev–Trinajstić information content (AvgIpc) is 2.56. The molecule has 0 unspecified atom stereocenters. The van der Waals surface area contributed by atoms with Crippen molar-refractivity contribution in [2.24, 2.45) is 0 Å². The summed E-state index contributed by atoms with van der Waals surface area (Å²) in [4.78, 5) is 3.38. The molecular formula is C8H4BrClFN3. The predicted octanol–water partition coefficient (Wildman–Crippen LogP) is 2.82. The van der Waals surface area contributed by atoms with Gasteiger partial charge in [0.2, 0.25) is 0 Å². The van der Waals surface area contributed by atoms with Gasteiger partial charge >= 0.3 is 6.08 Å². The summed E-state index contributed by atoms with van der Waals surface area (Å²) in [6.45, 7) is 0. The molecule has 0 spiro atoms. The Kier molecular flexibility index (Phi) is 2.52. The molecule has 0 bridgehead atoms. The van der Waals surface area contributed by atoms with Crippen molar-refractivity contribution in [1.29, 1.82) is 0 Å². The molecule has 6 heteroatoms. The van der Waals surface area contributed by atoms with Gasteiger partial charge in [0.1, 0.15) is 6.33 Å². The Balaban J connectivity index is 2.55. The summed E-state index contributed by atoms with van der Waals surface area (Å²) in [5.74, 6) is 0. The summed E-state index contributed by atoms with van der Waals surface area (Å²) in [5.41, 5.74) is 0.581. The molecule has 1 aromatic carbocycles. The molecule has 72 valence electrons. The Morgan fingerprint density at radius 1 is 1.43 bits per heavy atom. The van der Waals surface area contributed by atoms with Crippen LogP contribution in [0.1, 0.15) is 0 Å².